The normalized spacial score (nSPS) is 13.1. The topological polar surface area (TPSA) is 67.8 Å². The molecule has 3 rings (SSSR count). The molecular weight excluding hydrogens is 226 g/mol. The van der Waals surface area contributed by atoms with Crippen LogP contribution in [0.3, 0.4) is 0 Å². The number of nitrogens with one attached hydrogen (secondary N) is 1. The van der Waals surface area contributed by atoms with E-state index in [4.69, 9.17) is 10.2 Å². The summed E-state index contributed by atoms with van der Waals surface area (Å²) >= 11 is 0. The summed E-state index contributed by atoms with van der Waals surface area (Å²) in [6.07, 6.45) is 3.67. The largest absolute Gasteiger partial charge is 0.439 e. The molecule has 0 aliphatic rings. The van der Waals surface area contributed by atoms with Crippen molar-refractivity contribution in [1.29, 1.82) is 0 Å². The van der Waals surface area contributed by atoms with Gasteiger partial charge < -0.3 is 15.1 Å². The van der Waals surface area contributed by atoms with E-state index in [1.54, 1.807) is 6.20 Å². The molecule has 4 heteroatoms. The predicted molar refractivity (Wildman–Crippen MR) is 71.1 cm³/mol. The van der Waals surface area contributed by atoms with Crippen molar-refractivity contribution in [3.63, 3.8) is 0 Å². The summed E-state index contributed by atoms with van der Waals surface area (Å²) in [5.74, 6) is 1.31. The molecular formula is C14H15N3O. The molecule has 1 unspecified atom stereocenters. The number of hydrogen-bond acceptors (Lipinski definition) is 3. The molecule has 1 atom stereocenters. The number of nitrogens with zero attached hydrogens (tertiary/aromatic N) is 1. The van der Waals surface area contributed by atoms with Gasteiger partial charge in [-0.1, -0.05) is 11.6 Å². The number of aromatic amines is 1. The van der Waals surface area contributed by atoms with Gasteiger partial charge in [-0.3, -0.25) is 0 Å². The number of aromatic nitrogens is 2. The second-order valence-electron chi connectivity index (χ2n) is 4.60. The summed E-state index contributed by atoms with van der Waals surface area (Å²) in [6.45, 7) is 3.93. The fourth-order valence-electron chi connectivity index (χ4n) is 2.06. The van der Waals surface area contributed by atoms with Crippen LogP contribution < -0.4 is 5.73 Å². The highest BCUT2D eigenvalue weighted by Gasteiger charge is 2.13. The fraction of sp³-hybridized carbons (Fsp3) is 0.214. The lowest BCUT2D eigenvalue weighted by Gasteiger charge is -1.98. The van der Waals surface area contributed by atoms with E-state index in [-0.39, 0.29) is 6.04 Å². The van der Waals surface area contributed by atoms with Crippen molar-refractivity contribution >= 4 is 10.9 Å². The molecule has 0 aliphatic carbocycles. The highest BCUT2D eigenvalue weighted by atomic mass is 16.4. The zero-order chi connectivity index (χ0) is 12.7. The lowest BCUT2D eigenvalue weighted by molar-refractivity contribution is 0.474. The maximum Gasteiger partial charge on any atom is 0.211 e. The van der Waals surface area contributed by atoms with Crippen LogP contribution in [0, 0.1) is 6.92 Å². The second-order valence-corrected chi connectivity index (χ2v) is 4.60. The van der Waals surface area contributed by atoms with Gasteiger partial charge in [-0.05, 0) is 26.0 Å². The van der Waals surface area contributed by atoms with E-state index >= 15 is 0 Å². The maximum absolute atomic E-state index is 5.75. The van der Waals surface area contributed by atoms with Crippen LogP contribution in [0.5, 0.6) is 0 Å². The van der Waals surface area contributed by atoms with Gasteiger partial charge in [-0.25, -0.2) is 4.98 Å². The Morgan fingerprint density at radius 3 is 2.94 bits per heavy atom. The third-order valence-corrected chi connectivity index (χ3v) is 3.02. The molecule has 4 nitrogen and oxygen atoms in total. The molecule has 0 fully saturated rings. The zero-order valence-corrected chi connectivity index (χ0v) is 10.4. The second kappa shape index (κ2) is 3.99. The third kappa shape index (κ3) is 1.71. The molecule has 0 radical (unpaired) electrons. The SMILES string of the molecule is Cc1ccc2[nH]cc(-c3cnc(C(C)N)o3)c2c1. The van der Waals surface area contributed by atoms with E-state index in [9.17, 15) is 0 Å². The van der Waals surface area contributed by atoms with Gasteiger partial charge in [-0.2, -0.15) is 0 Å². The number of fused-ring (bicyclic) bond motifs is 1. The Kier molecular flexibility index (Phi) is 2.45. The Labute approximate surface area is 105 Å². The van der Waals surface area contributed by atoms with Gasteiger partial charge in [-0.15, -0.1) is 0 Å². The van der Waals surface area contributed by atoms with E-state index in [1.165, 1.54) is 5.56 Å². The average molecular weight is 241 g/mol. The maximum atomic E-state index is 5.75. The Balaban J connectivity index is 2.15. The minimum Gasteiger partial charge on any atom is -0.439 e. The molecule has 0 bridgehead atoms. The zero-order valence-electron chi connectivity index (χ0n) is 10.4. The van der Waals surface area contributed by atoms with Crippen molar-refractivity contribution in [2.75, 3.05) is 0 Å². The van der Waals surface area contributed by atoms with E-state index < -0.39 is 0 Å². The highest BCUT2D eigenvalue weighted by Crippen LogP contribution is 2.30. The van der Waals surface area contributed by atoms with Crippen molar-refractivity contribution in [1.82, 2.24) is 9.97 Å². The smallest absolute Gasteiger partial charge is 0.211 e. The summed E-state index contributed by atoms with van der Waals surface area (Å²) in [4.78, 5) is 7.43. The molecule has 92 valence electrons. The van der Waals surface area contributed by atoms with Crippen LogP contribution in [0.1, 0.15) is 24.4 Å². The molecule has 3 aromatic rings. The van der Waals surface area contributed by atoms with Crippen molar-refractivity contribution in [2.24, 2.45) is 5.73 Å². The molecule has 3 N–H and O–H groups in total. The van der Waals surface area contributed by atoms with Gasteiger partial charge in [0.25, 0.3) is 0 Å². The predicted octanol–water partition coefficient (Wildman–Crippen LogP) is 3.15. The monoisotopic (exact) mass is 241 g/mol. The van der Waals surface area contributed by atoms with Crippen LogP contribution >= 0.6 is 0 Å². The molecule has 0 aliphatic heterocycles. The van der Waals surface area contributed by atoms with Gasteiger partial charge in [0.05, 0.1) is 12.2 Å². The molecule has 0 spiro atoms. The molecule has 18 heavy (non-hydrogen) atoms. The Hall–Kier alpha value is -2.07. The van der Waals surface area contributed by atoms with Crippen molar-refractivity contribution in [2.45, 2.75) is 19.9 Å². The number of H-pyrrole nitrogens is 1. The van der Waals surface area contributed by atoms with Crippen LogP contribution in [0.2, 0.25) is 0 Å². The molecule has 2 heterocycles. The number of nitrogens with two attached hydrogens (primary N) is 1. The van der Waals surface area contributed by atoms with E-state index in [1.807, 2.05) is 13.1 Å². The number of rotatable bonds is 2. The Morgan fingerprint density at radius 1 is 1.39 bits per heavy atom. The molecule has 2 aromatic heterocycles. The number of benzene rings is 1. The highest BCUT2D eigenvalue weighted by molar-refractivity contribution is 5.94. The van der Waals surface area contributed by atoms with Crippen LogP contribution in [0.15, 0.2) is 35.0 Å². The van der Waals surface area contributed by atoms with Crippen molar-refractivity contribution in [3.8, 4) is 11.3 Å². The average Bonchev–Trinajstić information content (AvgIpc) is 2.93. The number of aryl methyl sites for hydroxylation is 1. The van der Waals surface area contributed by atoms with Gasteiger partial charge in [0.2, 0.25) is 5.89 Å². The first-order valence-corrected chi connectivity index (χ1v) is 5.94. The van der Waals surface area contributed by atoms with Gasteiger partial charge >= 0.3 is 0 Å². The first-order valence-electron chi connectivity index (χ1n) is 5.94. The Bertz CT molecular complexity index is 694. The first kappa shape index (κ1) is 11.0. The van der Waals surface area contributed by atoms with Crippen molar-refractivity contribution < 1.29 is 4.42 Å². The summed E-state index contributed by atoms with van der Waals surface area (Å²) in [6, 6.07) is 6.09. The molecule has 0 amide bonds. The standard InChI is InChI=1S/C14H15N3O/c1-8-3-4-12-10(5-8)11(6-16-12)13-7-17-14(18-13)9(2)15/h3-7,9,16H,15H2,1-2H3. The van der Waals surface area contributed by atoms with Crippen molar-refractivity contribution in [3.05, 3.63) is 42.0 Å². The van der Waals surface area contributed by atoms with E-state index in [0.29, 0.717) is 5.89 Å². The molecule has 0 saturated heterocycles. The fourth-order valence-corrected chi connectivity index (χ4v) is 2.06. The van der Waals surface area contributed by atoms with E-state index in [0.717, 1.165) is 22.2 Å². The van der Waals surface area contributed by atoms with Crippen LogP contribution in [0.4, 0.5) is 0 Å². The van der Waals surface area contributed by atoms with Crippen LogP contribution in [-0.4, -0.2) is 9.97 Å². The molecule has 1 aromatic carbocycles. The van der Waals surface area contributed by atoms with Crippen LogP contribution in [-0.2, 0) is 0 Å². The quantitative estimate of drug-likeness (QED) is 0.724. The summed E-state index contributed by atoms with van der Waals surface area (Å²) in [5, 5.41) is 1.14. The Morgan fingerprint density at radius 2 is 2.22 bits per heavy atom. The van der Waals surface area contributed by atoms with Gasteiger partial charge in [0.15, 0.2) is 5.76 Å². The third-order valence-electron chi connectivity index (χ3n) is 3.02. The van der Waals surface area contributed by atoms with Gasteiger partial charge in [0.1, 0.15) is 0 Å². The lowest BCUT2D eigenvalue weighted by atomic mass is 10.1. The lowest BCUT2D eigenvalue weighted by Crippen LogP contribution is -2.04. The summed E-state index contributed by atoms with van der Waals surface area (Å²) in [5.41, 5.74) is 9.08. The number of oxazole rings is 1. The van der Waals surface area contributed by atoms with Crippen LogP contribution in [0.25, 0.3) is 22.2 Å². The molecule has 0 saturated carbocycles. The first-order chi connectivity index (χ1) is 8.65. The summed E-state index contributed by atoms with van der Waals surface area (Å²) in [7, 11) is 0. The number of hydrogen-bond donors (Lipinski definition) is 2. The minimum atomic E-state index is -0.189. The van der Waals surface area contributed by atoms with E-state index in [2.05, 4.69) is 35.1 Å². The summed E-state index contributed by atoms with van der Waals surface area (Å²) < 4.78 is 5.68. The minimum absolute atomic E-state index is 0.189. The van der Waals surface area contributed by atoms with Gasteiger partial charge in [0, 0.05) is 22.7 Å².